The molecule has 1 N–H and O–H groups in total. The summed E-state index contributed by atoms with van der Waals surface area (Å²) >= 11 is 6.20. The maximum atomic E-state index is 11.4. The van der Waals surface area contributed by atoms with Crippen molar-refractivity contribution in [1.82, 2.24) is 0 Å². The van der Waals surface area contributed by atoms with Gasteiger partial charge in [0.15, 0.2) is 0 Å². The average Bonchev–Trinajstić information content (AvgIpc) is 2.58. The Balaban J connectivity index is 2.26. The molecule has 0 amide bonds. The summed E-state index contributed by atoms with van der Waals surface area (Å²) in [4.78, 5) is 11.4. The van der Waals surface area contributed by atoms with Crippen LogP contribution in [0.3, 0.4) is 0 Å². The van der Waals surface area contributed by atoms with Crippen LogP contribution in [0.15, 0.2) is 60.9 Å². The van der Waals surface area contributed by atoms with E-state index in [1.54, 1.807) is 12.1 Å². The van der Waals surface area contributed by atoms with Crippen LogP contribution in [0.25, 0.3) is 17.7 Å². The van der Waals surface area contributed by atoms with E-state index in [2.05, 4.69) is 0 Å². The first kappa shape index (κ1) is 18.6. The van der Waals surface area contributed by atoms with Gasteiger partial charge < -0.3 is 9.84 Å². The lowest BCUT2D eigenvalue weighted by Crippen LogP contribution is -2.02. The molecule has 3 nitrogen and oxygen atoms in total. The highest BCUT2D eigenvalue weighted by Crippen LogP contribution is 2.22. The third kappa shape index (κ3) is 5.10. The molecule has 128 valence electrons. The molecule has 0 aliphatic rings. The Morgan fingerprint density at radius 3 is 2.40 bits per heavy atom. The summed E-state index contributed by atoms with van der Waals surface area (Å²) in [5, 5.41) is 10.0. The second-order valence-electron chi connectivity index (χ2n) is 5.40. The second kappa shape index (κ2) is 8.90. The zero-order valence-corrected chi connectivity index (χ0v) is 14.8. The van der Waals surface area contributed by atoms with Gasteiger partial charge in [-0.15, -0.1) is 0 Å². The van der Waals surface area contributed by atoms with Gasteiger partial charge in [-0.2, -0.15) is 0 Å². The standard InChI is InChI=1S/C21H19ClO3/c1-15-11-12-17(20(22)13-15)9-4-3-7-16-8-5-6-10-18(16)19(14-25-2)21(23)24/h3-14H,1-2H3,(H,23,24)/b7-3+,9-4+,19-14+. The molecule has 0 radical (unpaired) electrons. The molecular formula is C21H19ClO3. The normalized spacial score (nSPS) is 12.0. The molecule has 25 heavy (non-hydrogen) atoms. The predicted octanol–water partition coefficient (Wildman–Crippen LogP) is 5.45. The average molecular weight is 355 g/mol. The van der Waals surface area contributed by atoms with Crippen LogP contribution < -0.4 is 0 Å². The first-order valence-corrected chi connectivity index (χ1v) is 8.07. The fourth-order valence-electron chi connectivity index (χ4n) is 2.32. The summed E-state index contributed by atoms with van der Waals surface area (Å²) in [5.41, 5.74) is 3.52. The Labute approximate surface area is 152 Å². The van der Waals surface area contributed by atoms with E-state index in [-0.39, 0.29) is 5.57 Å². The first-order chi connectivity index (χ1) is 12.0. The van der Waals surface area contributed by atoms with Crippen LogP contribution in [0.4, 0.5) is 0 Å². The number of allylic oxidation sites excluding steroid dienone is 2. The SMILES string of the molecule is CO/C=C(/C(=O)O)c1ccccc1/C=C/C=C/c1ccc(C)cc1Cl. The molecule has 0 aliphatic heterocycles. The number of aryl methyl sites for hydroxylation is 1. The van der Waals surface area contributed by atoms with Crippen LogP contribution >= 0.6 is 11.6 Å². The van der Waals surface area contributed by atoms with Crippen molar-refractivity contribution in [3.8, 4) is 0 Å². The maximum Gasteiger partial charge on any atom is 0.339 e. The maximum absolute atomic E-state index is 11.4. The van der Waals surface area contributed by atoms with Gasteiger partial charge in [-0.25, -0.2) is 4.79 Å². The molecule has 0 aliphatic carbocycles. The Kier molecular flexibility index (Phi) is 6.61. The minimum Gasteiger partial charge on any atom is -0.503 e. The van der Waals surface area contributed by atoms with Crippen LogP contribution in [0.2, 0.25) is 5.02 Å². The molecule has 0 spiro atoms. The Morgan fingerprint density at radius 2 is 1.76 bits per heavy atom. The van der Waals surface area contributed by atoms with Crippen LogP contribution in [-0.2, 0) is 9.53 Å². The van der Waals surface area contributed by atoms with E-state index in [0.29, 0.717) is 10.6 Å². The molecule has 4 heteroatoms. The summed E-state index contributed by atoms with van der Waals surface area (Å²) < 4.78 is 4.89. The van der Waals surface area contributed by atoms with Gasteiger partial charge in [-0.1, -0.05) is 72.3 Å². The first-order valence-electron chi connectivity index (χ1n) is 7.69. The topological polar surface area (TPSA) is 46.5 Å². The van der Waals surface area contributed by atoms with E-state index in [0.717, 1.165) is 16.7 Å². The van der Waals surface area contributed by atoms with E-state index in [1.807, 2.05) is 61.6 Å². The largest absolute Gasteiger partial charge is 0.503 e. The van der Waals surface area contributed by atoms with Gasteiger partial charge in [0.25, 0.3) is 0 Å². The number of methoxy groups -OCH3 is 1. The Bertz CT molecular complexity index is 848. The number of benzene rings is 2. The third-order valence-corrected chi connectivity index (χ3v) is 3.86. The lowest BCUT2D eigenvalue weighted by Gasteiger charge is -2.06. The highest BCUT2D eigenvalue weighted by Gasteiger charge is 2.13. The number of carboxylic acids is 1. The van der Waals surface area contributed by atoms with Crippen molar-refractivity contribution >= 4 is 35.3 Å². The molecular weight excluding hydrogens is 336 g/mol. The van der Waals surface area contributed by atoms with Gasteiger partial charge in [0, 0.05) is 5.02 Å². The van der Waals surface area contributed by atoms with Gasteiger partial charge in [-0.3, -0.25) is 0 Å². The molecule has 2 rings (SSSR count). The highest BCUT2D eigenvalue weighted by atomic mass is 35.5. The molecule has 0 aromatic heterocycles. The van der Waals surface area contributed by atoms with Crippen molar-refractivity contribution in [3.63, 3.8) is 0 Å². The summed E-state index contributed by atoms with van der Waals surface area (Å²) in [6, 6.07) is 13.1. The second-order valence-corrected chi connectivity index (χ2v) is 5.81. The minimum atomic E-state index is -1.04. The monoisotopic (exact) mass is 354 g/mol. The molecule has 0 saturated heterocycles. The lowest BCUT2D eigenvalue weighted by atomic mass is 10.00. The number of ether oxygens (including phenoxy) is 1. The number of carboxylic acid groups (broad SMARTS) is 1. The summed E-state index contributed by atoms with van der Waals surface area (Å²) in [5.74, 6) is -1.04. The van der Waals surface area contributed by atoms with Crippen molar-refractivity contribution < 1.29 is 14.6 Å². The third-order valence-electron chi connectivity index (χ3n) is 3.54. The summed E-state index contributed by atoms with van der Waals surface area (Å²) in [6.45, 7) is 1.99. The molecule has 0 saturated carbocycles. The predicted molar refractivity (Wildman–Crippen MR) is 103 cm³/mol. The molecule has 0 fully saturated rings. The Morgan fingerprint density at radius 1 is 1.08 bits per heavy atom. The van der Waals surface area contributed by atoms with Gasteiger partial charge in [0.05, 0.1) is 13.4 Å². The van der Waals surface area contributed by atoms with Gasteiger partial charge >= 0.3 is 5.97 Å². The number of carbonyl (C=O) groups is 1. The fourth-order valence-corrected chi connectivity index (χ4v) is 2.62. The molecule has 2 aromatic carbocycles. The zero-order valence-electron chi connectivity index (χ0n) is 14.1. The fraction of sp³-hybridized carbons (Fsp3) is 0.0952. The van der Waals surface area contributed by atoms with Crippen molar-refractivity contribution in [3.05, 3.63) is 88.2 Å². The number of hydrogen-bond donors (Lipinski definition) is 1. The van der Waals surface area contributed by atoms with Gasteiger partial charge in [-0.05, 0) is 35.2 Å². The van der Waals surface area contributed by atoms with Crippen molar-refractivity contribution in [2.75, 3.05) is 7.11 Å². The van der Waals surface area contributed by atoms with Crippen LogP contribution in [0.5, 0.6) is 0 Å². The molecule has 0 unspecified atom stereocenters. The number of hydrogen-bond acceptors (Lipinski definition) is 2. The molecule has 2 aromatic rings. The molecule has 0 atom stereocenters. The number of halogens is 1. The smallest absolute Gasteiger partial charge is 0.339 e. The van der Waals surface area contributed by atoms with E-state index in [4.69, 9.17) is 16.3 Å². The quantitative estimate of drug-likeness (QED) is 0.426. The zero-order chi connectivity index (χ0) is 18.2. The van der Waals surface area contributed by atoms with Crippen molar-refractivity contribution in [2.45, 2.75) is 6.92 Å². The summed E-state index contributed by atoms with van der Waals surface area (Å²) in [6.07, 6.45) is 8.70. The van der Waals surface area contributed by atoms with Crippen molar-refractivity contribution in [1.29, 1.82) is 0 Å². The number of rotatable bonds is 6. The lowest BCUT2D eigenvalue weighted by molar-refractivity contribution is -0.130. The minimum absolute atomic E-state index is 0.105. The Hall–Kier alpha value is -2.78. The van der Waals surface area contributed by atoms with E-state index >= 15 is 0 Å². The highest BCUT2D eigenvalue weighted by molar-refractivity contribution is 6.32. The van der Waals surface area contributed by atoms with Crippen LogP contribution in [0, 0.1) is 6.92 Å². The summed E-state index contributed by atoms with van der Waals surface area (Å²) in [7, 11) is 1.43. The van der Waals surface area contributed by atoms with Crippen molar-refractivity contribution in [2.24, 2.45) is 0 Å². The van der Waals surface area contributed by atoms with Gasteiger partial charge in [0.1, 0.15) is 5.57 Å². The van der Waals surface area contributed by atoms with E-state index < -0.39 is 5.97 Å². The molecule has 0 bridgehead atoms. The van der Waals surface area contributed by atoms with Gasteiger partial charge in [0.2, 0.25) is 0 Å². The van der Waals surface area contributed by atoms with Crippen LogP contribution in [0.1, 0.15) is 22.3 Å². The van der Waals surface area contributed by atoms with Crippen LogP contribution in [-0.4, -0.2) is 18.2 Å². The van der Waals surface area contributed by atoms with E-state index in [1.165, 1.54) is 13.4 Å². The molecule has 0 heterocycles. The van der Waals surface area contributed by atoms with E-state index in [9.17, 15) is 9.90 Å². The number of aliphatic carboxylic acids is 1.